The zero-order valence-electron chi connectivity index (χ0n) is 8.39. The molecule has 1 atom stereocenters. The Morgan fingerprint density at radius 3 is 3.00 bits per heavy atom. The van der Waals surface area contributed by atoms with Crippen molar-refractivity contribution < 1.29 is 9.50 Å². The molecule has 0 bridgehead atoms. The number of rotatable bonds is 3. The van der Waals surface area contributed by atoms with Crippen LogP contribution in [0, 0.1) is 5.41 Å². The van der Waals surface area contributed by atoms with Gasteiger partial charge in [-0.1, -0.05) is 19.1 Å². The van der Waals surface area contributed by atoms with Crippen molar-refractivity contribution in [1.29, 1.82) is 5.41 Å². The third-order valence-corrected chi connectivity index (χ3v) is 2.33. The van der Waals surface area contributed by atoms with E-state index in [9.17, 15) is 9.50 Å². The molecule has 0 aliphatic heterocycles. The molecule has 0 aromatic carbocycles. The second-order valence-corrected chi connectivity index (χ2v) is 3.49. The molecule has 1 rings (SSSR count). The summed E-state index contributed by atoms with van der Waals surface area (Å²) in [6, 6.07) is 0. The minimum Gasteiger partial charge on any atom is -0.389 e. The van der Waals surface area contributed by atoms with Gasteiger partial charge < -0.3 is 5.11 Å². The van der Waals surface area contributed by atoms with E-state index in [2.05, 4.69) is 0 Å². The molecule has 0 fully saturated rings. The topological polar surface area (TPSA) is 44.1 Å². The largest absolute Gasteiger partial charge is 0.389 e. The lowest BCUT2D eigenvalue weighted by molar-refractivity contribution is 0.203. The highest BCUT2D eigenvalue weighted by Gasteiger charge is 2.16. The first-order chi connectivity index (χ1) is 6.65. The fourth-order valence-electron chi connectivity index (χ4n) is 1.69. The fraction of sp³-hybridized carbons (Fsp3) is 0.545. The van der Waals surface area contributed by atoms with E-state index in [0.29, 0.717) is 12.0 Å². The molecule has 2 nitrogen and oxygen atoms in total. The summed E-state index contributed by atoms with van der Waals surface area (Å²) in [6.07, 6.45) is 5.96. The lowest BCUT2D eigenvalue weighted by atomic mass is 9.91. The van der Waals surface area contributed by atoms with E-state index in [-0.39, 0.29) is 0 Å². The van der Waals surface area contributed by atoms with Gasteiger partial charge in [0.1, 0.15) is 0 Å². The van der Waals surface area contributed by atoms with Gasteiger partial charge in [-0.15, -0.1) is 0 Å². The van der Waals surface area contributed by atoms with Crippen LogP contribution >= 0.6 is 0 Å². The van der Waals surface area contributed by atoms with Crippen LogP contribution in [0.5, 0.6) is 0 Å². The van der Waals surface area contributed by atoms with Crippen molar-refractivity contribution >= 4 is 5.97 Å². The Hall–Kier alpha value is -0.960. The van der Waals surface area contributed by atoms with Gasteiger partial charge in [-0.25, -0.2) is 0 Å². The third kappa shape index (κ3) is 2.77. The molecule has 1 aliphatic rings. The summed E-state index contributed by atoms with van der Waals surface area (Å²) >= 11 is 0. The summed E-state index contributed by atoms with van der Waals surface area (Å²) in [5.41, 5.74) is 1.13. The maximum atomic E-state index is 12.9. The van der Waals surface area contributed by atoms with Crippen LogP contribution < -0.4 is 0 Å². The molecule has 14 heavy (non-hydrogen) atoms. The van der Waals surface area contributed by atoms with E-state index in [1.165, 1.54) is 0 Å². The maximum Gasteiger partial charge on any atom is 0.212 e. The molecular weight excluding hydrogens is 181 g/mol. The molecule has 0 radical (unpaired) electrons. The Labute approximate surface area is 83.6 Å². The van der Waals surface area contributed by atoms with E-state index in [1.807, 2.05) is 6.92 Å². The van der Waals surface area contributed by atoms with Crippen molar-refractivity contribution in [1.82, 2.24) is 0 Å². The highest BCUT2D eigenvalue weighted by Crippen LogP contribution is 2.25. The Balaban J connectivity index is 2.88. The Morgan fingerprint density at radius 2 is 2.50 bits per heavy atom. The monoisotopic (exact) mass is 197 g/mol. The lowest BCUT2D eigenvalue weighted by Gasteiger charge is -2.17. The predicted octanol–water partition coefficient (Wildman–Crippen LogP) is 2.74. The average Bonchev–Trinajstić information content (AvgIpc) is 2.13. The Kier molecular flexibility index (Phi) is 4.01. The number of aliphatic hydroxyl groups excluding tert-OH is 1. The van der Waals surface area contributed by atoms with Crippen molar-refractivity contribution in [3.05, 3.63) is 23.3 Å². The van der Waals surface area contributed by atoms with Crippen LogP contribution in [0.3, 0.4) is 0 Å². The van der Waals surface area contributed by atoms with E-state index in [0.717, 1.165) is 24.8 Å². The second kappa shape index (κ2) is 5.05. The average molecular weight is 197 g/mol. The van der Waals surface area contributed by atoms with Gasteiger partial charge in [0.25, 0.3) is 0 Å². The van der Waals surface area contributed by atoms with Gasteiger partial charge in [-0.05, 0) is 31.3 Å². The zero-order valence-corrected chi connectivity index (χ0v) is 8.39. The quantitative estimate of drug-likeness (QED) is 0.671. The van der Waals surface area contributed by atoms with Crippen LogP contribution in [0.4, 0.5) is 4.39 Å². The summed E-state index contributed by atoms with van der Waals surface area (Å²) in [5, 5.41) is 16.4. The third-order valence-electron chi connectivity index (χ3n) is 2.33. The smallest absolute Gasteiger partial charge is 0.212 e. The standard InChI is InChI=1S/C11H16FNO/c1-2-4-10(11(12)13)8-5-3-6-9(14)7-8/h4,7,9,13-14H,2-3,5-6H2,1H3/b10-4-,13-11?. The van der Waals surface area contributed by atoms with Crippen LogP contribution in [0.15, 0.2) is 23.3 Å². The van der Waals surface area contributed by atoms with Crippen LogP contribution in [0.2, 0.25) is 0 Å². The SMILES string of the molecule is CC/C=C(\C(=N)F)C1=CC(O)CCC1. The van der Waals surface area contributed by atoms with Crippen LogP contribution in [0.1, 0.15) is 32.6 Å². The van der Waals surface area contributed by atoms with Gasteiger partial charge in [0.15, 0.2) is 0 Å². The fourth-order valence-corrected chi connectivity index (χ4v) is 1.69. The molecular formula is C11H16FNO. The van der Waals surface area contributed by atoms with Crippen molar-refractivity contribution in [3.63, 3.8) is 0 Å². The molecule has 0 aromatic rings. The molecule has 0 amide bonds. The zero-order chi connectivity index (χ0) is 10.6. The van der Waals surface area contributed by atoms with Crippen LogP contribution in [-0.4, -0.2) is 17.2 Å². The van der Waals surface area contributed by atoms with E-state index < -0.39 is 12.1 Å². The summed E-state index contributed by atoms with van der Waals surface area (Å²) < 4.78 is 12.9. The van der Waals surface area contributed by atoms with E-state index >= 15 is 0 Å². The molecule has 78 valence electrons. The summed E-state index contributed by atoms with van der Waals surface area (Å²) in [6.45, 7) is 1.91. The van der Waals surface area contributed by atoms with Gasteiger partial charge in [-0.3, -0.25) is 5.41 Å². The molecule has 0 spiro atoms. The molecule has 0 saturated carbocycles. The van der Waals surface area contributed by atoms with Crippen LogP contribution in [0.25, 0.3) is 0 Å². The minimum atomic E-state index is -0.896. The highest BCUT2D eigenvalue weighted by atomic mass is 19.1. The maximum absolute atomic E-state index is 12.9. The van der Waals surface area contributed by atoms with Gasteiger partial charge in [-0.2, -0.15) is 4.39 Å². The number of hydrogen-bond acceptors (Lipinski definition) is 2. The van der Waals surface area contributed by atoms with Crippen molar-refractivity contribution in [3.8, 4) is 0 Å². The van der Waals surface area contributed by atoms with Crippen molar-refractivity contribution in [2.24, 2.45) is 0 Å². The molecule has 0 heterocycles. The number of aliphatic hydroxyl groups is 1. The van der Waals surface area contributed by atoms with Crippen molar-refractivity contribution in [2.45, 2.75) is 38.7 Å². The summed E-state index contributed by atoms with van der Waals surface area (Å²) in [7, 11) is 0. The minimum absolute atomic E-state index is 0.353. The van der Waals surface area contributed by atoms with E-state index in [4.69, 9.17) is 5.41 Å². The van der Waals surface area contributed by atoms with Crippen LogP contribution in [-0.2, 0) is 0 Å². The van der Waals surface area contributed by atoms with Gasteiger partial charge in [0, 0.05) is 5.57 Å². The first-order valence-corrected chi connectivity index (χ1v) is 4.99. The van der Waals surface area contributed by atoms with Gasteiger partial charge in [0.2, 0.25) is 5.97 Å². The molecule has 3 heteroatoms. The number of allylic oxidation sites excluding steroid dienone is 3. The summed E-state index contributed by atoms with van der Waals surface area (Å²) in [5.74, 6) is -0.896. The molecule has 2 N–H and O–H groups in total. The first-order valence-electron chi connectivity index (χ1n) is 4.99. The number of halogens is 1. The first kappa shape index (κ1) is 11.1. The molecule has 1 aliphatic carbocycles. The Morgan fingerprint density at radius 1 is 1.79 bits per heavy atom. The second-order valence-electron chi connectivity index (χ2n) is 3.49. The van der Waals surface area contributed by atoms with Crippen molar-refractivity contribution in [2.75, 3.05) is 0 Å². The molecule has 1 unspecified atom stereocenters. The summed E-state index contributed by atoms with van der Waals surface area (Å²) in [4.78, 5) is 0. The normalized spacial score (nSPS) is 23.2. The van der Waals surface area contributed by atoms with Gasteiger partial charge in [0.05, 0.1) is 6.10 Å². The van der Waals surface area contributed by atoms with E-state index in [1.54, 1.807) is 12.2 Å². The highest BCUT2D eigenvalue weighted by molar-refractivity contribution is 5.94. The predicted molar refractivity (Wildman–Crippen MR) is 55.1 cm³/mol. The van der Waals surface area contributed by atoms with Gasteiger partial charge >= 0.3 is 0 Å². The Bertz CT molecular complexity index is 281. The number of nitrogens with one attached hydrogen (secondary N) is 1. The lowest BCUT2D eigenvalue weighted by Crippen LogP contribution is -2.12. The molecule has 0 aromatic heterocycles. The number of hydrogen-bond donors (Lipinski definition) is 2. The molecule has 0 saturated heterocycles.